The van der Waals surface area contributed by atoms with E-state index in [-0.39, 0.29) is 34.9 Å². The molecular weight excluding hydrogens is 418 g/mol. The number of sulfonamides is 1. The number of aryl methyl sites for hydroxylation is 1. The minimum atomic E-state index is -3.66. The number of nitrogens with zero attached hydrogens (tertiary/aromatic N) is 2. The summed E-state index contributed by atoms with van der Waals surface area (Å²) in [5.74, 6) is -0.117. The van der Waals surface area contributed by atoms with Crippen LogP contribution >= 0.6 is 0 Å². The lowest BCUT2D eigenvalue weighted by atomic mass is 10.2. The molecule has 1 N–H and O–H groups in total. The van der Waals surface area contributed by atoms with E-state index in [9.17, 15) is 21.6 Å². The molecule has 11 heteroatoms. The summed E-state index contributed by atoms with van der Waals surface area (Å²) in [7, 11) is -4.97. The van der Waals surface area contributed by atoms with Crippen molar-refractivity contribution >= 4 is 31.5 Å². The Labute approximate surface area is 172 Å². The van der Waals surface area contributed by atoms with E-state index < -0.39 is 19.9 Å². The summed E-state index contributed by atoms with van der Waals surface area (Å²) in [6.07, 6.45) is 0.512. The van der Waals surface area contributed by atoms with Gasteiger partial charge in [0.25, 0.3) is 0 Å². The second-order valence-electron chi connectivity index (χ2n) is 7.51. The summed E-state index contributed by atoms with van der Waals surface area (Å²) in [4.78, 5) is 14.3. The highest BCUT2D eigenvalue weighted by Gasteiger charge is 2.31. The number of anilines is 1. The van der Waals surface area contributed by atoms with Crippen LogP contribution in [0.1, 0.15) is 12.0 Å². The first-order valence-electron chi connectivity index (χ1n) is 9.47. The van der Waals surface area contributed by atoms with Crippen LogP contribution in [0.15, 0.2) is 23.1 Å². The van der Waals surface area contributed by atoms with Crippen molar-refractivity contribution in [3.05, 3.63) is 23.8 Å². The molecule has 2 fully saturated rings. The van der Waals surface area contributed by atoms with Gasteiger partial charge in [-0.05, 0) is 38.1 Å². The van der Waals surface area contributed by atoms with Gasteiger partial charge in [-0.3, -0.25) is 9.69 Å². The molecular formula is C18H27N3O6S2. The predicted molar refractivity (Wildman–Crippen MR) is 109 cm³/mol. The molecule has 1 aromatic carbocycles. The van der Waals surface area contributed by atoms with E-state index in [4.69, 9.17) is 4.74 Å². The number of carbonyl (C=O) groups excluding carboxylic acids is 1. The zero-order valence-electron chi connectivity index (χ0n) is 16.6. The minimum absolute atomic E-state index is 0.0278. The highest BCUT2D eigenvalue weighted by Crippen LogP contribution is 2.24. The number of hydrogen-bond donors (Lipinski definition) is 1. The Bertz CT molecular complexity index is 971. The van der Waals surface area contributed by atoms with E-state index in [1.807, 2.05) is 0 Å². The number of benzene rings is 1. The summed E-state index contributed by atoms with van der Waals surface area (Å²) in [6.45, 7) is 3.13. The first kappa shape index (κ1) is 22.2. The molecule has 3 rings (SSSR count). The molecule has 1 atom stereocenters. The zero-order valence-corrected chi connectivity index (χ0v) is 18.3. The van der Waals surface area contributed by atoms with Gasteiger partial charge in [0.2, 0.25) is 15.9 Å². The Kier molecular flexibility index (Phi) is 6.64. The SMILES string of the molecule is Cc1ccc(S(=O)(=O)N2CCOCC2)cc1NC(=O)CN(C)[C@H]1CCS(=O)(=O)C1. The third kappa shape index (κ3) is 5.34. The fraction of sp³-hybridized carbons (Fsp3) is 0.611. The number of ether oxygens (including phenoxy) is 1. The number of hydrogen-bond acceptors (Lipinski definition) is 7. The quantitative estimate of drug-likeness (QED) is 0.659. The predicted octanol–water partition coefficient (Wildman–Crippen LogP) is 0.0733. The van der Waals surface area contributed by atoms with Crippen LogP contribution in [0.5, 0.6) is 0 Å². The standard InChI is InChI=1S/C18H27N3O6S2/c1-14-3-4-16(29(25,26)21-6-8-27-9-7-21)11-17(14)19-18(22)12-20(2)15-5-10-28(23,24)13-15/h3-4,11,15H,5-10,12-13H2,1-2H3,(H,19,22)/t15-/m0/s1. The summed E-state index contributed by atoms with van der Waals surface area (Å²) in [6, 6.07) is 4.49. The number of morpholine rings is 1. The molecule has 162 valence electrons. The number of nitrogens with one attached hydrogen (secondary N) is 1. The number of amides is 1. The Morgan fingerprint density at radius 1 is 1.31 bits per heavy atom. The third-order valence-electron chi connectivity index (χ3n) is 5.32. The lowest BCUT2D eigenvalue weighted by molar-refractivity contribution is -0.117. The van der Waals surface area contributed by atoms with Crippen LogP contribution in [0.2, 0.25) is 0 Å². The van der Waals surface area contributed by atoms with E-state index in [0.29, 0.717) is 38.4 Å². The molecule has 2 aliphatic heterocycles. The van der Waals surface area contributed by atoms with Gasteiger partial charge in [0.15, 0.2) is 9.84 Å². The molecule has 0 radical (unpaired) electrons. The maximum Gasteiger partial charge on any atom is 0.243 e. The molecule has 0 spiro atoms. The number of sulfone groups is 1. The molecule has 1 amide bonds. The van der Waals surface area contributed by atoms with Gasteiger partial charge in [0.1, 0.15) is 0 Å². The van der Waals surface area contributed by atoms with E-state index in [1.165, 1.54) is 16.4 Å². The Morgan fingerprint density at radius 3 is 2.62 bits per heavy atom. The van der Waals surface area contributed by atoms with E-state index in [1.54, 1.807) is 24.9 Å². The van der Waals surface area contributed by atoms with Crippen LogP contribution in [0, 0.1) is 6.92 Å². The second-order valence-corrected chi connectivity index (χ2v) is 11.7. The molecule has 0 saturated carbocycles. The summed E-state index contributed by atoms with van der Waals surface area (Å²) >= 11 is 0. The van der Waals surface area contributed by atoms with Crippen molar-refractivity contribution in [2.75, 3.05) is 56.7 Å². The van der Waals surface area contributed by atoms with Crippen molar-refractivity contribution in [2.24, 2.45) is 0 Å². The maximum absolute atomic E-state index is 12.8. The molecule has 0 unspecified atom stereocenters. The van der Waals surface area contributed by atoms with Gasteiger partial charge in [-0.15, -0.1) is 0 Å². The lowest BCUT2D eigenvalue weighted by Gasteiger charge is -2.26. The molecule has 2 aliphatic rings. The van der Waals surface area contributed by atoms with Crippen LogP contribution in [-0.4, -0.2) is 89.4 Å². The largest absolute Gasteiger partial charge is 0.379 e. The summed E-state index contributed by atoms with van der Waals surface area (Å²) < 4.78 is 55.5. The van der Waals surface area contributed by atoms with Gasteiger partial charge < -0.3 is 10.1 Å². The zero-order chi connectivity index (χ0) is 21.2. The van der Waals surface area contributed by atoms with Crippen LogP contribution in [0.3, 0.4) is 0 Å². The smallest absolute Gasteiger partial charge is 0.243 e. The highest BCUT2D eigenvalue weighted by molar-refractivity contribution is 7.91. The molecule has 2 heterocycles. The normalized spacial score (nSPS) is 22.7. The number of rotatable bonds is 6. The monoisotopic (exact) mass is 445 g/mol. The molecule has 0 aliphatic carbocycles. The van der Waals surface area contributed by atoms with Crippen LogP contribution in [-0.2, 0) is 29.4 Å². The fourth-order valence-corrected chi connectivity index (χ4v) is 6.74. The van der Waals surface area contributed by atoms with Gasteiger partial charge in [0, 0.05) is 24.8 Å². The van der Waals surface area contributed by atoms with Crippen molar-refractivity contribution in [1.29, 1.82) is 0 Å². The first-order valence-corrected chi connectivity index (χ1v) is 12.7. The van der Waals surface area contributed by atoms with Crippen LogP contribution < -0.4 is 5.32 Å². The van der Waals surface area contributed by atoms with Gasteiger partial charge in [0.05, 0.1) is 36.2 Å². The van der Waals surface area contributed by atoms with E-state index in [0.717, 1.165) is 5.56 Å². The topological polar surface area (TPSA) is 113 Å². The number of likely N-dealkylation sites (N-methyl/N-ethyl adjacent to an activating group) is 1. The molecule has 0 aromatic heterocycles. The summed E-state index contributed by atoms with van der Waals surface area (Å²) in [5.41, 5.74) is 1.17. The maximum atomic E-state index is 12.8. The van der Waals surface area contributed by atoms with Crippen molar-refractivity contribution < 1.29 is 26.4 Å². The molecule has 9 nitrogen and oxygen atoms in total. The Morgan fingerprint density at radius 2 is 2.00 bits per heavy atom. The van der Waals surface area contributed by atoms with Gasteiger partial charge in [-0.1, -0.05) is 6.07 Å². The molecule has 1 aromatic rings. The van der Waals surface area contributed by atoms with Gasteiger partial charge in [-0.2, -0.15) is 4.31 Å². The van der Waals surface area contributed by atoms with Gasteiger partial charge in [-0.25, -0.2) is 16.8 Å². The van der Waals surface area contributed by atoms with Gasteiger partial charge >= 0.3 is 0 Å². The fourth-order valence-electron chi connectivity index (χ4n) is 3.50. The highest BCUT2D eigenvalue weighted by atomic mass is 32.2. The minimum Gasteiger partial charge on any atom is -0.379 e. The van der Waals surface area contributed by atoms with E-state index >= 15 is 0 Å². The Hall–Kier alpha value is -1.53. The van der Waals surface area contributed by atoms with E-state index in [2.05, 4.69) is 5.32 Å². The van der Waals surface area contributed by atoms with Crippen molar-refractivity contribution in [3.63, 3.8) is 0 Å². The number of carbonyl (C=O) groups is 1. The average Bonchev–Trinajstić information content (AvgIpc) is 3.04. The second kappa shape index (κ2) is 8.68. The Balaban J connectivity index is 1.69. The van der Waals surface area contributed by atoms with Crippen molar-refractivity contribution in [2.45, 2.75) is 24.3 Å². The molecule has 29 heavy (non-hydrogen) atoms. The summed E-state index contributed by atoms with van der Waals surface area (Å²) in [5, 5.41) is 2.76. The first-order chi connectivity index (χ1) is 13.6. The van der Waals surface area contributed by atoms with Crippen LogP contribution in [0.25, 0.3) is 0 Å². The average molecular weight is 446 g/mol. The van der Waals surface area contributed by atoms with Crippen LogP contribution in [0.4, 0.5) is 5.69 Å². The van der Waals surface area contributed by atoms with Crippen molar-refractivity contribution in [1.82, 2.24) is 9.21 Å². The van der Waals surface area contributed by atoms with Crippen molar-refractivity contribution in [3.8, 4) is 0 Å². The molecule has 2 saturated heterocycles. The third-order valence-corrected chi connectivity index (χ3v) is 8.96. The molecule has 0 bridgehead atoms. The lowest BCUT2D eigenvalue weighted by Crippen LogP contribution is -2.40.